The van der Waals surface area contributed by atoms with Gasteiger partial charge in [-0.1, -0.05) is 18.2 Å². The number of rotatable bonds is 6. The molecule has 7 heteroatoms. The molecular formula is C14H19NO4S2. The van der Waals surface area contributed by atoms with Crippen molar-refractivity contribution in [2.75, 3.05) is 18.6 Å². The summed E-state index contributed by atoms with van der Waals surface area (Å²) in [6, 6.07) is 7.67. The van der Waals surface area contributed by atoms with Crippen LogP contribution < -0.4 is 4.72 Å². The fourth-order valence-electron chi connectivity index (χ4n) is 2.25. The van der Waals surface area contributed by atoms with E-state index < -0.39 is 10.0 Å². The zero-order chi connectivity index (χ0) is 15.3. The van der Waals surface area contributed by atoms with Gasteiger partial charge in [-0.15, -0.1) is 11.8 Å². The van der Waals surface area contributed by atoms with Crippen LogP contribution in [0.5, 0.6) is 0 Å². The van der Waals surface area contributed by atoms with Crippen LogP contribution in [0.3, 0.4) is 0 Å². The van der Waals surface area contributed by atoms with Crippen molar-refractivity contribution in [1.82, 2.24) is 4.72 Å². The van der Waals surface area contributed by atoms with Gasteiger partial charge in [0.1, 0.15) is 0 Å². The number of thioether (sulfide) groups is 1. The summed E-state index contributed by atoms with van der Waals surface area (Å²) in [7, 11) is -2.10. The molecule has 1 heterocycles. The summed E-state index contributed by atoms with van der Waals surface area (Å²) in [6.07, 6.45) is 1.16. The number of carbonyl (C=O) groups excluding carboxylic acids is 1. The van der Waals surface area contributed by atoms with Crippen molar-refractivity contribution in [2.24, 2.45) is 0 Å². The van der Waals surface area contributed by atoms with Crippen molar-refractivity contribution < 1.29 is 17.9 Å². The molecule has 0 radical (unpaired) electrons. The molecule has 0 aromatic heterocycles. The molecule has 0 unspecified atom stereocenters. The highest BCUT2D eigenvalue weighted by Gasteiger charge is 2.24. The van der Waals surface area contributed by atoms with Gasteiger partial charge in [-0.3, -0.25) is 4.79 Å². The van der Waals surface area contributed by atoms with Crippen molar-refractivity contribution in [2.45, 2.75) is 30.2 Å². The van der Waals surface area contributed by atoms with Crippen LogP contribution in [-0.2, 0) is 19.6 Å². The molecule has 0 amide bonds. The minimum Gasteiger partial charge on any atom is -0.469 e. The summed E-state index contributed by atoms with van der Waals surface area (Å²) < 4.78 is 31.5. The minimum atomic E-state index is -3.39. The number of methoxy groups -OCH3 is 1. The summed E-state index contributed by atoms with van der Waals surface area (Å²) >= 11 is 1.75. The number of hydrogen-bond acceptors (Lipinski definition) is 5. The highest BCUT2D eigenvalue weighted by Crippen LogP contribution is 2.36. The Bertz CT molecular complexity index is 601. The molecule has 1 aliphatic rings. The first kappa shape index (κ1) is 16.3. The number of fused-ring (bicyclic) bond motifs is 1. The number of carbonyl (C=O) groups is 1. The Morgan fingerprint density at radius 1 is 1.43 bits per heavy atom. The number of ether oxygens (including phenoxy) is 1. The third-order valence-electron chi connectivity index (χ3n) is 3.30. The van der Waals surface area contributed by atoms with E-state index >= 15 is 0 Å². The van der Waals surface area contributed by atoms with Gasteiger partial charge in [0.15, 0.2) is 0 Å². The van der Waals surface area contributed by atoms with Crippen LogP contribution in [0.2, 0.25) is 0 Å². The molecule has 116 valence electrons. The van der Waals surface area contributed by atoms with Gasteiger partial charge in [0.2, 0.25) is 10.0 Å². The predicted molar refractivity (Wildman–Crippen MR) is 82.7 cm³/mol. The molecule has 1 aromatic carbocycles. The number of nitrogens with one attached hydrogen (secondary N) is 1. The molecule has 0 spiro atoms. The minimum absolute atomic E-state index is 0.0616. The van der Waals surface area contributed by atoms with Gasteiger partial charge in [-0.2, -0.15) is 0 Å². The Morgan fingerprint density at radius 3 is 2.95 bits per heavy atom. The maximum absolute atomic E-state index is 12.1. The van der Waals surface area contributed by atoms with E-state index in [1.165, 1.54) is 7.11 Å². The van der Waals surface area contributed by atoms with E-state index in [2.05, 4.69) is 9.46 Å². The lowest BCUT2D eigenvalue weighted by atomic mass is 10.1. The molecule has 0 saturated heterocycles. The lowest BCUT2D eigenvalue weighted by Crippen LogP contribution is -2.32. The average Bonchev–Trinajstić information content (AvgIpc) is 2.47. The summed E-state index contributed by atoms with van der Waals surface area (Å²) in [5.74, 6) is 0.449. The monoisotopic (exact) mass is 329 g/mol. The van der Waals surface area contributed by atoms with E-state index in [0.29, 0.717) is 0 Å². The summed E-state index contributed by atoms with van der Waals surface area (Å²) in [4.78, 5) is 12.1. The number of sulfonamides is 1. The van der Waals surface area contributed by atoms with Crippen LogP contribution in [-0.4, -0.2) is 33.0 Å². The summed E-state index contributed by atoms with van der Waals surface area (Å²) in [6.45, 7) is 0. The van der Waals surface area contributed by atoms with Crippen molar-refractivity contribution in [3.63, 3.8) is 0 Å². The van der Waals surface area contributed by atoms with Gasteiger partial charge in [0.05, 0.1) is 12.9 Å². The third-order valence-corrected chi connectivity index (χ3v) is 5.89. The van der Waals surface area contributed by atoms with Crippen LogP contribution in [0, 0.1) is 0 Å². The molecule has 1 aromatic rings. The molecule has 21 heavy (non-hydrogen) atoms. The second-order valence-corrected chi connectivity index (χ2v) is 7.85. The quantitative estimate of drug-likeness (QED) is 0.809. The Kier molecular flexibility index (Phi) is 5.66. The van der Waals surface area contributed by atoms with Crippen LogP contribution in [0.25, 0.3) is 0 Å². The zero-order valence-corrected chi connectivity index (χ0v) is 13.5. The second kappa shape index (κ2) is 7.29. The molecule has 0 aliphatic carbocycles. The molecule has 2 rings (SSSR count). The van der Waals surface area contributed by atoms with Gasteiger partial charge in [-0.25, -0.2) is 13.1 Å². The lowest BCUT2D eigenvalue weighted by Gasteiger charge is -2.25. The highest BCUT2D eigenvalue weighted by molar-refractivity contribution is 7.99. The fraction of sp³-hybridized carbons (Fsp3) is 0.500. The molecular weight excluding hydrogens is 310 g/mol. The van der Waals surface area contributed by atoms with E-state index in [9.17, 15) is 13.2 Å². The summed E-state index contributed by atoms with van der Waals surface area (Å²) in [5.41, 5.74) is 1.03. The Morgan fingerprint density at radius 2 is 2.19 bits per heavy atom. The fourth-order valence-corrected chi connectivity index (χ4v) is 4.69. The van der Waals surface area contributed by atoms with Crippen LogP contribution in [0.15, 0.2) is 29.2 Å². The Balaban J connectivity index is 1.96. The molecule has 1 N–H and O–H groups in total. The van der Waals surface area contributed by atoms with Crippen molar-refractivity contribution in [1.29, 1.82) is 0 Å². The topological polar surface area (TPSA) is 72.5 Å². The predicted octanol–water partition coefficient (Wildman–Crippen LogP) is 2.10. The van der Waals surface area contributed by atoms with Gasteiger partial charge in [0, 0.05) is 17.4 Å². The van der Waals surface area contributed by atoms with Crippen molar-refractivity contribution in [3.8, 4) is 0 Å². The van der Waals surface area contributed by atoms with Gasteiger partial charge in [0.25, 0.3) is 0 Å². The molecule has 0 bridgehead atoms. The zero-order valence-electron chi connectivity index (χ0n) is 11.9. The number of esters is 1. The van der Waals surface area contributed by atoms with Crippen molar-refractivity contribution >= 4 is 27.8 Å². The van der Waals surface area contributed by atoms with E-state index in [0.717, 1.165) is 22.6 Å². The number of benzene rings is 1. The highest BCUT2D eigenvalue weighted by atomic mass is 32.2. The maximum atomic E-state index is 12.1. The van der Waals surface area contributed by atoms with Crippen molar-refractivity contribution in [3.05, 3.63) is 29.8 Å². The normalized spacial score (nSPS) is 18.0. The first-order valence-corrected chi connectivity index (χ1v) is 9.44. The maximum Gasteiger partial charge on any atom is 0.305 e. The SMILES string of the molecule is COC(=O)CCCS(=O)(=O)N[C@H]1CCSc2ccccc21. The van der Waals surface area contributed by atoms with Gasteiger partial charge in [-0.05, 0) is 30.2 Å². The molecule has 1 aliphatic heterocycles. The first-order valence-electron chi connectivity index (χ1n) is 6.80. The smallest absolute Gasteiger partial charge is 0.305 e. The largest absolute Gasteiger partial charge is 0.469 e. The van der Waals surface area contributed by atoms with Crippen LogP contribution in [0.1, 0.15) is 30.9 Å². The third kappa shape index (κ3) is 4.72. The standard InChI is InChI=1S/C14H19NO4S2/c1-19-14(16)7-4-10-21(17,18)15-12-8-9-20-13-6-3-2-5-11(12)13/h2-3,5-6,12,15H,4,7-10H2,1H3/t12-/m0/s1. The van der Waals surface area contributed by atoms with E-state index in [1.807, 2.05) is 24.3 Å². The molecule has 1 atom stereocenters. The van der Waals surface area contributed by atoms with E-state index in [1.54, 1.807) is 11.8 Å². The van der Waals surface area contributed by atoms with Crippen LogP contribution in [0.4, 0.5) is 0 Å². The lowest BCUT2D eigenvalue weighted by molar-refractivity contribution is -0.140. The Hall–Kier alpha value is -1.05. The molecule has 0 saturated carbocycles. The molecule has 0 fully saturated rings. The van der Waals surface area contributed by atoms with E-state index in [4.69, 9.17) is 0 Å². The summed E-state index contributed by atoms with van der Waals surface area (Å²) in [5, 5.41) is 0. The van der Waals surface area contributed by atoms with E-state index in [-0.39, 0.29) is 30.6 Å². The Labute approximate surface area is 129 Å². The van der Waals surface area contributed by atoms with Gasteiger partial charge < -0.3 is 4.74 Å². The second-order valence-electron chi connectivity index (χ2n) is 4.84. The first-order chi connectivity index (χ1) is 10.0. The average molecular weight is 329 g/mol. The molecule has 5 nitrogen and oxygen atoms in total. The number of hydrogen-bond donors (Lipinski definition) is 1. The van der Waals surface area contributed by atoms with Gasteiger partial charge >= 0.3 is 5.97 Å². The van der Waals surface area contributed by atoms with Crippen LogP contribution >= 0.6 is 11.8 Å².